The molecule has 3 rings (SSSR count). The highest BCUT2D eigenvalue weighted by atomic mass is 16.5. The van der Waals surface area contributed by atoms with Crippen molar-refractivity contribution in [2.75, 3.05) is 39.5 Å². The number of benzene rings is 1. The van der Waals surface area contributed by atoms with Gasteiger partial charge in [0.1, 0.15) is 5.75 Å². The molecule has 5 nitrogen and oxygen atoms in total. The molecule has 0 radical (unpaired) electrons. The Morgan fingerprint density at radius 2 is 2.22 bits per heavy atom. The van der Waals surface area contributed by atoms with E-state index >= 15 is 0 Å². The summed E-state index contributed by atoms with van der Waals surface area (Å²) in [5.41, 5.74) is 0.486. The number of aliphatic hydroxyl groups is 1. The number of carbonyl (C=O) groups is 1. The first kappa shape index (κ1) is 16.3. The van der Waals surface area contributed by atoms with E-state index in [2.05, 4.69) is 6.92 Å². The number of likely N-dealkylation sites (tertiary alicyclic amines) is 1. The fraction of sp³-hybridized carbons (Fsp3) is 0.611. The molecule has 1 aromatic carbocycles. The lowest BCUT2D eigenvalue weighted by Crippen LogP contribution is -2.41. The van der Waals surface area contributed by atoms with Gasteiger partial charge in [0, 0.05) is 36.6 Å². The minimum atomic E-state index is -0.182. The summed E-state index contributed by atoms with van der Waals surface area (Å²) in [6.07, 6.45) is 1.78. The summed E-state index contributed by atoms with van der Waals surface area (Å²) in [4.78, 5) is 14.6. The molecule has 2 atom stereocenters. The van der Waals surface area contributed by atoms with E-state index in [4.69, 9.17) is 9.47 Å². The quantitative estimate of drug-likeness (QED) is 0.901. The minimum Gasteiger partial charge on any atom is -0.494 e. The highest BCUT2D eigenvalue weighted by molar-refractivity contribution is 5.94. The van der Waals surface area contributed by atoms with Crippen molar-refractivity contribution in [3.63, 3.8) is 0 Å². The van der Waals surface area contributed by atoms with E-state index in [0.29, 0.717) is 38.5 Å². The Balaban J connectivity index is 1.68. The molecule has 1 aromatic rings. The molecule has 2 aliphatic heterocycles. The molecule has 0 spiro atoms. The van der Waals surface area contributed by atoms with Crippen LogP contribution in [0.15, 0.2) is 24.3 Å². The lowest BCUT2D eigenvalue weighted by molar-refractivity contribution is -0.0415. The number of rotatable bonds is 5. The molecule has 1 N–H and O–H groups in total. The first-order valence-electron chi connectivity index (χ1n) is 8.39. The van der Waals surface area contributed by atoms with Crippen LogP contribution in [0.5, 0.6) is 5.75 Å². The van der Waals surface area contributed by atoms with E-state index in [-0.39, 0.29) is 23.8 Å². The number of hydrogen-bond donors (Lipinski definition) is 1. The third kappa shape index (κ3) is 3.21. The van der Waals surface area contributed by atoms with Crippen molar-refractivity contribution in [3.05, 3.63) is 29.8 Å². The van der Waals surface area contributed by atoms with Crippen LogP contribution in [0.25, 0.3) is 0 Å². The molecular weight excluding hydrogens is 294 g/mol. The third-order valence-electron chi connectivity index (χ3n) is 5.05. The van der Waals surface area contributed by atoms with Crippen molar-refractivity contribution in [2.45, 2.75) is 19.8 Å². The van der Waals surface area contributed by atoms with E-state index < -0.39 is 0 Å². The van der Waals surface area contributed by atoms with Gasteiger partial charge in [0.15, 0.2) is 0 Å². The second kappa shape index (κ2) is 6.89. The van der Waals surface area contributed by atoms with Gasteiger partial charge in [-0.2, -0.15) is 0 Å². The SMILES string of the molecule is CCCOc1ccc(C(=O)N2C[C@@H]3COCC[C@]3(CO)C2)cc1. The van der Waals surface area contributed by atoms with Crippen molar-refractivity contribution in [3.8, 4) is 5.75 Å². The van der Waals surface area contributed by atoms with E-state index in [0.717, 1.165) is 18.6 Å². The Morgan fingerprint density at radius 3 is 2.87 bits per heavy atom. The molecule has 5 heteroatoms. The van der Waals surface area contributed by atoms with Crippen molar-refractivity contribution in [2.24, 2.45) is 11.3 Å². The zero-order chi connectivity index (χ0) is 16.3. The Morgan fingerprint density at radius 1 is 1.43 bits per heavy atom. The topological polar surface area (TPSA) is 59.0 Å². The maximum atomic E-state index is 12.7. The van der Waals surface area contributed by atoms with Gasteiger partial charge in [-0.25, -0.2) is 0 Å². The molecule has 2 aliphatic rings. The van der Waals surface area contributed by atoms with E-state index in [9.17, 15) is 9.90 Å². The van der Waals surface area contributed by atoms with Gasteiger partial charge in [0.25, 0.3) is 5.91 Å². The van der Waals surface area contributed by atoms with Gasteiger partial charge in [-0.05, 0) is 37.1 Å². The average Bonchev–Trinajstić information content (AvgIpc) is 3.00. The predicted octanol–water partition coefficient (Wildman–Crippen LogP) is 1.95. The zero-order valence-corrected chi connectivity index (χ0v) is 13.7. The molecule has 0 aromatic heterocycles. The number of ether oxygens (including phenoxy) is 2. The van der Waals surface area contributed by atoms with E-state index in [1.165, 1.54) is 0 Å². The van der Waals surface area contributed by atoms with Gasteiger partial charge in [0.2, 0.25) is 0 Å². The highest BCUT2D eigenvalue weighted by Gasteiger charge is 2.49. The van der Waals surface area contributed by atoms with Gasteiger partial charge in [-0.3, -0.25) is 4.79 Å². The maximum Gasteiger partial charge on any atom is 0.253 e. The summed E-state index contributed by atoms with van der Waals surface area (Å²) in [6.45, 7) is 5.44. The van der Waals surface area contributed by atoms with Crippen LogP contribution in [0.2, 0.25) is 0 Å². The Labute approximate surface area is 137 Å². The monoisotopic (exact) mass is 319 g/mol. The average molecular weight is 319 g/mol. The number of nitrogens with zero attached hydrogens (tertiary/aromatic N) is 1. The largest absolute Gasteiger partial charge is 0.494 e. The van der Waals surface area contributed by atoms with Crippen LogP contribution in [-0.2, 0) is 4.74 Å². The van der Waals surface area contributed by atoms with Crippen LogP contribution in [-0.4, -0.2) is 55.4 Å². The van der Waals surface area contributed by atoms with Crippen molar-refractivity contribution in [1.82, 2.24) is 4.90 Å². The summed E-state index contributed by atoms with van der Waals surface area (Å²) in [7, 11) is 0. The second-order valence-electron chi connectivity index (χ2n) is 6.60. The number of amides is 1. The van der Waals surface area contributed by atoms with Crippen LogP contribution in [0.3, 0.4) is 0 Å². The normalized spacial score (nSPS) is 26.9. The number of aliphatic hydroxyl groups excluding tert-OH is 1. The highest BCUT2D eigenvalue weighted by Crippen LogP contribution is 2.42. The minimum absolute atomic E-state index is 0.0225. The Bertz CT molecular complexity index is 544. The summed E-state index contributed by atoms with van der Waals surface area (Å²) >= 11 is 0. The summed E-state index contributed by atoms with van der Waals surface area (Å²) < 4.78 is 11.1. The molecular formula is C18H25NO4. The molecule has 0 saturated carbocycles. The lowest BCUT2D eigenvalue weighted by Gasteiger charge is -2.36. The molecule has 2 heterocycles. The summed E-state index contributed by atoms with van der Waals surface area (Å²) in [5, 5.41) is 9.83. The van der Waals surface area contributed by atoms with Gasteiger partial charge in [-0.15, -0.1) is 0 Å². The first-order chi connectivity index (χ1) is 11.2. The smallest absolute Gasteiger partial charge is 0.253 e. The molecule has 23 heavy (non-hydrogen) atoms. The third-order valence-corrected chi connectivity index (χ3v) is 5.05. The van der Waals surface area contributed by atoms with Gasteiger partial charge in [0.05, 0.1) is 19.8 Å². The van der Waals surface area contributed by atoms with Crippen LogP contribution in [0.1, 0.15) is 30.1 Å². The second-order valence-corrected chi connectivity index (χ2v) is 6.60. The zero-order valence-electron chi connectivity index (χ0n) is 13.7. The van der Waals surface area contributed by atoms with Crippen molar-refractivity contribution < 1.29 is 19.4 Å². The molecule has 0 bridgehead atoms. The summed E-state index contributed by atoms with van der Waals surface area (Å²) in [5.74, 6) is 1.05. The fourth-order valence-corrected chi connectivity index (χ4v) is 3.56. The molecule has 1 amide bonds. The van der Waals surface area contributed by atoms with Crippen molar-refractivity contribution >= 4 is 5.91 Å². The van der Waals surface area contributed by atoms with Gasteiger partial charge >= 0.3 is 0 Å². The summed E-state index contributed by atoms with van der Waals surface area (Å²) in [6, 6.07) is 7.32. The van der Waals surface area contributed by atoms with Gasteiger partial charge in [-0.1, -0.05) is 6.92 Å². The van der Waals surface area contributed by atoms with Crippen LogP contribution < -0.4 is 4.74 Å². The molecule has 0 unspecified atom stereocenters. The molecule has 0 aliphatic carbocycles. The number of hydrogen-bond acceptors (Lipinski definition) is 4. The van der Waals surface area contributed by atoms with E-state index in [1.807, 2.05) is 29.2 Å². The molecule has 2 fully saturated rings. The fourth-order valence-electron chi connectivity index (χ4n) is 3.56. The van der Waals surface area contributed by atoms with Crippen molar-refractivity contribution in [1.29, 1.82) is 0 Å². The van der Waals surface area contributed by atoms with Crippen LogP contribution in [0.4, 0.5) is 0 Å². The maximum absolute atomic E-state index is 12.7. The van der Waals surface area contributed by atoms with Crippen LogP contribution >= 0.6 is 0 Å². The van der Waals surface area contributed by atoms with E-state index in [1.54, 1.807) is 0 Å². The predicted molar refractivity (Wildman–Crippen MR) is 86.6 cm³/mol. The Hall–Kier alpha value is -1.59. The van der Waals surface area contributed by atoms with Gasteiger partial charge < -0.3 is 19.5 Å². The number of fused-ring (bicyclic) bond motifs is 1. The molecule has 126 valence electrons. The standard InChI is InChI=1S/C18H25NO4/c1-2-8-23-16-5-3-14(4-6-16)17(21)19-10-15-11-22-9-7-18(15,12-19)13-20/h3-6,15,20H,2,7-13H2,1H3/t15-,18-/m1/s1. The first-order valence-corrected chi connectivity index (χ1v) is 8.39. The molecule has 2 saturated heterocycles. The Kier molecular flexibility index (Phi) is 4.87. The van der Waals surface area contributed by atoms with Crippen LogP contribution in [0, 0.1) is 11.3 Å². The number of carbonyl (C=O) groups excluding carboxylic acids is 1. The lowest BCUT2D eigenvalue weighted by atomic mass is 9.75.